The zero-order valence-electron chi connectivity index (χ0n) is 9.52. The van der Waals surface area contributed by atoms with Gasteiger partial charge in [0.15, 0.2) is 0 Å². The average molecular weight is 280 g/mol. The van der Waals surface area contributed by atoms with Crippen LogP contribution >= 0.6 is 11.6 Å². The monoisotopic (exact) mass is 279 g/mol. The molecule has 0 amide bonds. The third kappa shape index (κ3) is 2.90. The van der Waals surface area contributed by atoms with Crippen LogP contribution in [-0.4, -0.2) is 17.7 Å². The molecule has 0 bridgehead atoms. The lowest BCUT2D eigenvalue weighted by atomic mass is 10.0. The molecular formula is C12H13ClF3NO. The minimum atomic E-state index is -4.45. The summed E-state index contributed by atoms with van der Waals surface area (Å²) < 4.78 is 37.9. The standard InChI is InChI=1S/C12H13ClF3NO/c13-10-6-8(12(14,15)16)4-7(11(10)18)5-9-2-1-3-17-9/h4,6,9,17-18H,1-3,5H2. The zero-order chi connectivity index (χ0) is 13.3. The molecule has 0 radical (unpaired) electrons. The Bertz CT molecular complexity index is 442. The molecule has 0 aliphatic carbocycles. The molecule has 1 fully saturated rings. The van der Waals surface area contributed by atoms with Crippen molar-refractivity contribution in [2.24, 2.45) is 0 Å². The van der Waals surface area contributed by atoms with Gasteiger partial charge in [-0.15, -0.1) is 0 Å². The summed E-state index contributed by atoms with van der Waals surface area (Å²) in [6, 6.07) is 1.83. The lowest BCUT2D eigenvalue weighted by Crippen LogP contribution is -2.23. The van der Waals surface area contributed by atoms with Crippen molar-refractivity contribution in [1.82, 2.24) is 5.32 Å². The molecule has 100 valence electrons. The highest BCUT2D eigenvalue weighted by atomic mass is 35.5. The van der Waals surface area contributed by atoms with E-state index in [-0.39, 0.29) is 22.4 Å². The summed E-state index contributed by atoms with van der Waals surface area (Å²) in [4.78, 5) is 0. The van der Waals surface area contributed by atoms with Crippen molar-refractivity contribution in [3.63, 3.8) is 0 Å². The number of phenols is 1. The van der Waals surface area contributed by atoms with Crippen molar-refractivity contribution in [3.8, 4) is 5.75 Å². The van der Waals surface area contributed by atoms with Crippen LogP contribution in [0, 0.1) is 0 Å². The van der Waals surface area contributed by atoms with Crippen molar-refractivity contribution in [2.75, 3.05) is 6.54 Å². The van der Waals surface area contributed by atoms with E-state index in [0.717, 1.165) is 31.5 Å². The second-order valence-corrected chi connectivity index (χ2v) is 4.87. The second-order valence-electron chi connectivity index (χ2n) is 4.46. The molecule has 1 aliphatic rings. The summed E-state index contributed by atoms with van der Waals surface area (Å²) in [5.74, 6) is -0.252. The number of alkyl halides is 3. The number of halogens is 4. The summed E-state index contributed by atoms with van der Waals surface area (Å²) in [6.07, 6.45) is -2.20. The van der Waals surface area contributed by atoms with E-state index in [1.165, 1.54) is 0 Å². The van der Waals surface area contributed by atoms with Crippen LogP contribution in [0.25, 0.3) is 0 Å². The highest BCUT2D eigenvalue weighted by Gasteiger charge is 2.32. The van der Waals surface area contributed by atoms with Crippen molar-refractivity contribution in [3.05, 3.63) is 28.3 Å². The van der Waals surface area contributed by atoms with Gasteiger partial charge >= 0.3 is 6.18 Å². The minimum Gasteiger partial charge on any atom is -0.506 e. The first-order valence-electron chi connectivity index (χ1n) is 5.70. The van der Waals surface area contributed by atoms with Gasteiger partial charge in [-0.1, -0.05) is 11.6 Å². The van der Waals surface area contributed by atoms with Gasteiger partial charge in [-0.3, -0.25) is 0 Å². The van der Waals surface area contributed by atoms with E-state index in [0.29, 0.717) is 6.42 Å². The predicted molar refractivity (Wildman–Crippen MR) is 62.8 cm³/mol. The highest BCUT2D eigenvalue weighted by molar-refractivity contribution is 6.32. The molecule has 1 aromatic rings. The van der Waals surface area contributed by atoms with Gasteiger partial charge in [0.05, 0.1) is 10.6 Å². The number of rotatable bonds is 2. The molecule has 18 heavy (non-hydrogen) atoms. The Morgan fingerprint density at radius 1 is 1.39 bits per heavy atom. The third-order valence-corrected chi connectivity index (χ3v) is 3.39. The van der Waals surface area contributed by atoms with Gasteiger partial charge in [0.2, 0.25) is 0 Å². The number of phenolic OH excluding ortho intramolecular Hbond substituents is 1. The number of nitrogens with one attached hydrogen (secondary N) is 1. The van der Waals surface area contributed by atoms with Crippen LogP contribution in [-0.2, 0) is 12.6 Å². The molecule has 0 saturated carbocycles. The van der Waals surface area contributed by atoms with Gasteiger partial charge in [-0.05, 0) is 43.5 Å². The topological polar surface area (TPSA) is 32.3 Å². The van der Waals surface area contributed by atoms with Crippen LogP contribution in [0.2, 0.25) is 5.02 Å². The molecule has 1 heterocycles. The molecule has 1 unspecified atom stereocenters. The van der Waals surface area contributed by atoms with Crippen LogP contribution in [0.4, 0.5) is 13.2 Å². The lowest BCUT2D eigenvalue weighted by Gasteiger charge is -2.15. The molecule has 2 rings (SSSR count). The van der Waals surface area contributed by atoms with Gasteiger partial charge < -0.3 is 10.4 Å². The summed E-state index contributed by atoms with van der Waals surface area (Å²) in [7, 11) is 0. The number of aromatic hydroxyl groups is 1. The third-order valence-electron chi connectivity index (χ3n) is 3.10. The van der Waals surface area contributed by atoms with E-state index in [9.17, 15) is 18.3 Å². The van der Waals surface area contributed by atoms with Crippen molar-refractivity contribution in [1.29, 1.82) is 0 Å². The van der Waals surface area contributed by atoms with Crippen LogP contribution < -0.4 is 5.32 Å². The Balaban J connectivity index is 2.30. The summed E-state index contributed by atoms with van der Waals surface area (Å²) in [6.45, 7) is 0.859. The van der Waals surface area contributed by atoms with Crippen molar-refractivity contribution < 1.29 is 18.3 Å². The molecule has 0 aromatic heterocycles. The van der Waals surface area contributed by atoms with Gasteiger partial charge in [-0.2, -0.15) is 13.2 Å². The fourth-order valence-corrected chi connectivity index (χ4v) is 2.41. The van der Waals surface area contributed by atoms with Gasteiger partial charge in [-0.25, -0.2) is 0 Å². The Hall–Kier alpha value is -0.940. The van der Waals surface area contributed by atoms with Crippen LogP contribution in [0.3, 0.4) is 0 Å². The normalized spacial score (nSPS) is 20.3. The largest absolute Gasteiger partial charge is 0.506 e. The maximum Gasteiger partial charge on any atom is 0.416 e. The van der Waals surface area contributed by atoms with E-state index >= 15 is 0 Å². The van der Waals surface area contributed by atoms with Crippen LogP contribution in [0.5, 0.6) is 5.75 Å². The van der Waals surface area contributed by atoms with E-state index < -0.39 is 11.7 Å². The number of benzene rings is 1. The molecular weight excluding hydrogens is 267 g/mol. The zero-order valence-corrected chi connectivity index (χ0v) is 10.3. The Kier molecular flexibility index (Phi) is 3.73. The quantitative estimate of drug-likeness (QED) is 0.870. The Morgan fingerprint density at radius 3 is 2.67 bits per heavy atom. The first kappa shape index (κ1) is 13.5. The number of hydrogen-bond donors (Lipinski definition) is 2. The Morgan fingerprint density at radius 2 is 2.11 bits per heavy atom. The highest BCUT2D eigenvalue weighted by Crippen LogP contribution is 2.37. The maximum absolute atomic E-state index is 12.6. The lowest BCUT2D eigenvalue weighted by molar-refractivity contribution is -0.137. The van der Waals surface area contributed by atoms with E-state index in [1.807, 2.05) is 0 Å². The SMILES string of the molecule is Oc1c(Cl)cc(C(F)(F)F)cc1CC1CCCN1. The van der Waals surface area contributed by atoms with Gasteiger partial charge in [0.1, 0.15) is 5.75 Å². The number of hydrogen-bond acceptors (Lipinski definition) is 2. The van der Waals surface area contributed by atoms with Crippen molar-refractivity contribution >= 4 is 11.6 Å². The van der Waals surface area contributed by atoms with E-state index in [4.69, 9.17) is 11.6 Å². The van der Waals surface area contributed by atoms with E-state index in [2.05, 4.69) is 5.32 Å². The Labute approximate surface area is 108 Å². The second kappa shape index (κ2) is 4.97. The van der Waals surface area contributed by atoms with E-state index in [1.54, 1.807) is 0 Å². The minimum absolute atomic E-state index is 0.107. The summed E-state index contributed by atoms with van der Waals surface area (Å²) >= 11 is 5.64. The first-order valence-corrected chi connectivity index (χ1v) is 6.07. The van der Waals surface area contributed by atoms with Crippen LogP contribution in [0.1, 0.15) is 24.0 Å². The van der Waals surface area contributed by atoms with Crippen LogP contribution in [0.15, 0.2) is 12.1 Å². The fraction of sp³-hybridized carbons (Fsp3) is 0.500. The van der Waals surface area contributed by atoms with Gasteiger partial charge in [0.25, 0.3) is 0 Å². The smallest absolute Gasteiger partial charge is 0.416 e. The maximum atomic E-state index is 12.6. The molecule has 6 heteroatoms. The molecule has 2 N–H and O–H groups in total. The predicted octanol–water partition coefficient (Wildman–Crippen LogP) is 3.36. The molecule has 1 atom stereocenters. The average Bonchev–Trinajstić information content (AvgIpc) is 2.75. The molecule has 1 aromatic carbocycles. The molecule has 2 nitrogen and oxygen atoms in total. The fourth-order valence-electron chi connectivity index (χ4n) is 2.17. The summed E-state index contributed by atoms with van der Waals surface area (Å²) in [5.41, 5.74) is -0.576. The first-order chi connectivity index (χ1) is 8.38. The molecule has 0 spiro atoms. The van der Waals surface area contributed by atoms with Crippen molar-refractivity contribution in [2.45, 2.75) is 31.5 Å². The summed E-state index contributed by atoms with van der Waals surface area (Å²) in [5, 5.41) is 12.6. The molecule has 1 saturated heterocycles. The molecule has 1 aliphatic heterocycles. The van der Waals surface area contributed by atoms with Gasteiger partial charge in [0, 0.05) is 6.04 Å².